The van der Waals surface area contributed by atoms with Gasteiger partial charge in [0.05, 0.1) is 12.2 Å². The molecule has 1 aliphatic rings. The molecule has 3 N–H and O–H groups in total. The van der Waals surface area contributed by atoms with Crippen LogP contribution in [0.25, 0.3) is 5.69 Å². The van der Waals surface area contributed by atoms with Crippen molar-refractivity contribution in [3.63, 3.8) is 0 Å². The van der Waals surface area contributed by atoms with Gasteiger partial charge in [-0.1, -0.05) is 0 Å². The first kappa shape index (κ1) is 22.6. The monoisotopic (exact) mass is 480 g/mol. The fourth-order valence-electron chi connectivity index (χ4n) is 3.35. The molecule has 15 heteroatoms. The number of amides is 1. The summed E-state index contributed by atoms with van der Waals surface area (Å²) in [5.41, 5.74) is 4.39. The highest BCUT2D eigenvalue weighted by atomic mass is 19.4. The molecule has 178 valence electrons. The van der Waals surface area contributed by atoms with Crippen LogP contribution in [0.15, 0.2) is 41.7 Å². The van der Waals surface area contributed by atoms with E-state index in [1.54, 1.807) is 0 Å². The molecule has 0 fully saturated rings. The normalized spacial score (nSPS) is 13.7. The highest BCUT2D eigenvalue weighted by Crippen LogP contribution is 2.34. The highest BCUT2D eigenvalue weighted by Gasteiger charge is 2.34. The van der Waals surface area contributed by atoms with Crippen molar-refractivity contribution in [1.29, 1.82) is 0 Å². The van der Waals surface area contributed by atoms with E-state index in [2.05, 4.69) is 14.7 Å². The van der Waals surface area contributed by atoms with E-state index in [1.807, 2.05) is 0 Å². The lowest BCUT2D eigenvalue weighted by atomic mass is 10.2. The Bertz CT molecular complexity index is 1330. The summed E-state index contributed by atoms with van der Waals surface area (Å²) in [6.07, 6.45) is -1.81. The molecule has 1 amide bonds. The highest BCUT2D eigenvalue weighted by molar-refractivity contribution is 6.10. The molecule has 0 aliphatic carbocycles. The number of anilines is 2. The standard InChI is InChI=1S/C19H15F3N6O6/c20-19(21,22)34-12-7-10(1-2-11(12)28-4-3-26(18(28)32)8-13(29)30)27-5-6-33-16-14(17(27)31)15(23)24-9-25-16/h1-4,7,9H,5-6,8H2,(H,29,30)(H2,23,24,25). The number of ether oxygens (including phenoxy) is 2. The summed E-state index contributed by atoms with van der Waals surface area (Å²) in [7, 11) is 0. The molecule has 0 bridgehead atoms. The number of hydrogen-bond acceptors (Lipinski definition) is 8. The number of carboxylic acids is 1. The van der Waals surface area contributed by atoms with Crippen molar-refractivity contribution in [1.82, 2.24) is 19.1 Å². The third-order valence-corrected chi connectivity index (χ3v) is 4.75. The van der Waals surface area contributed by atoms with E-state index in [-0.39, 0.29) is 41.8 Å². The second-order valence-electron chi connectivity index (χ2n) is 6.92. The zero-order chi connectivity index (χ0) is 24.6. The minimum absolute atomic E-state index is 0.00859. The van der Waals surface area contributed by atoms with Crippen LogP contribution in [0, 0.1) is 0 Å². The molecular weight excluding hydrogens is 465 g/mol. The maximum absolute atomic E-state index is 13.2. The van der Waals surface area contributed by atoms with E-state index >= 15 is 0 Å². The maximum Gasteiger partial charge on any atom is 0.573 e. The van der Waals surface area contributed by atoms with Gasteiger partial charge in [-0.25, -0.2) is 14.8 Å². The molecule has 12 nitrogen and oxygen atoms in total. The first-order valence-electron chi connectivity index (χ1n) is 9.50. The van der Waals surface area contributed by atoms with Gasteiger partial charge in [-0.3, -0.25) is 18.7 Å². The Morgan fingerprint density at radius 2 is 2.00 bits per heavy atom. The molecule has 4 rings (SSSR count). The van der Waals surface area contributed by atoms with Gasteiger partial charge < -0.3 is 25.2 Å². The summed E-state index contributed by atoms with van der Waals surface area (Å²) >= 11 is 0. The number of imidazole rings is 1. The molecule has 1 aliphatic heterocycles. The Balaban J connectivity index is 1.79. The first-order valence-corrected chi connectivity index (χ1v) is 9.50. The Morgan fingerprint density at radius 1 is 1.24 bits per heavy atom. The lowest BCUT2D eigenvalue weighted by molar-refractivity contribution is -0.274. The molecule has 0 radical (unpaired) electrons. The van der Waals surface area contributed by atoms with Crippen molar-refractivity contribution in [3.8, 4) is 17.3 Å². The Hall–Kier alpha value is -4.56. The predicted molar refractivity (Wildman–Crippen MR) is 108 cm³/mol. The van der Waals surface area contributed by atoms with Crippen LogP contribution in [0.1, 0.15) is 10.4 Å². The largest absolute Gasteiger partial charge is 0.573 e. The molecular formula is C19H15F3N6O6. The van der Waals surface area contributed by atoms with Crippen molar-refractivity contribution in [2.45, 2.75) is 12.9 Å². The quantitative estimate of drug-likeness (QED) is 0.545. The molecule has 3 heterocycles. The van der Waals surface area contributed by atoms with Gasteiger partial charge in [-0.2, -0.15) is 0 Å². The number of carboxylic acid groups (broad SMARTS) is 1. The number of aromatic nitrogens is 4. The SMILES string of the molecule is Nc1ncnc2c1C(=O)N(c1ccc(-n3ccn(CC(=O)O)c3=O)c(OC(F)(F)F)c1)CCO2. The molecule has 0 saturated carbocycles. The predicted octanol–water partition coefficient (Wildman–Crippen LogP) is 1.03. The number of fused-ring (bicyclic) bond motifs is 1. The zero-order valence-electron chi connectivity index (χ0n) is 17.0. The lowest BCUT2D eigenvalue weighted by Gasteiger charge is -2.22. The summed E-state index contributed by atoms with van der Waals surface area (Å²) in [4.78, 5) is 45.2. The Morgan fingerprint density at radius 3 is 2.71 bits per heavy atom. The second-order valence-corrected chi connectivity index (χ2v) is 6.92. The van der Waals surface area contributed by atoms with Gasteiger partial charge >= 0.3 is 18.0 Å². The summed E-state index contributed by atoms with van der Waals surface area (Å²) < 4.78 is 50.6. The van der Waals surface area contributed by atoms with Crippen LogP contribution in [0.5, 0.6) is 11.6 Å². The fraction of sp³-hybridized carbons (Fsp3) is 0.211. The summed E-state index contributed by atoms with van der Waals surface area (Å²) in [5, 5.41) is 8.89. The van der Waals surface area contributed by atoms with Crippen molar-refractivity contribution >= 4 is 23.4 Å². The number of nitrogen functional groups attached to an aromatic ring is 1. The fourth-order valence-corrected chi connectivity index (χ4v) is 3.35. The Kier molecular flexibility index (Phi) is 5.60. The number of halogens is 3. The smallest absolute Gasteiger partial charge is 0.480 e. The number of alkyl halides is 3. The van der Waals surface area contributed by atoms with Crippen molar-refractivity contribution in [3.05, 3.63) is 53.0 Å². The van der Waals surface area contributed by atoms with Gasteiger partial charge in [0, 0.05) is 24.1 Å². The van der Waals surface area contributed by atoms with Crippen LogP contribution in [-0.4, -0.2) is 55.6 Å². The second kappa shape index (κ2) is 8.42. The average molecular weight is 480 g/mol. The van der Waals surface area contributed by atoms with Crippen LogP contribution in [0.4, 0.5) is 24.7 Å². The van der Waals surface area contributed by atoms with Crippen LogP contribution in [0.3, 0.4) is 0 Å². The third-order valence-electron chi connectivity index (χ3n) is 4.75. The van der Waals surface area contributed by atoms with Gasteiger partial charge in [0.25, 0.3) is 5.91 Å². The number of carbonyl (C=O) groups is 2. The van der Waals surface area contributed by atoms with E-state index in [9.17, 15) is 27.6 Å². The topological polar surface area (TPSA) is 155 Å². The molecule has 2 aromatic heterocycles. The number of carbonyl (C=O) groups excluding carboxylic acids is 1. The number of benzene rings is 1. The number of rotatable bonds is 5. The van der Waals surface area contributed by atoms with Gasteiger partial charge in [0.15, 0.2) is 5.75 Å². The first-order chi connectivity index (χ1) is 16.0. The van der Waals surface area contributed by atoms with E-state index in [4.69, 9.17) is 15.6 Å². The van der Waals surface area contributed by atoms with E-state index in [0.717, 1.165) is 44.9 Å². The zero-order valence-corrected chi connectivity index (χ0v) is 17.0. The van der Waals surface area contributed by atoms with Crippen LogP contribution in [0.2, 0.25) is 0 Å². The van der Waals surface area contributed by atoms with Crippen molar-refractivity contribution < 1.29 is 37.3 Å². The number of nitrogens with two attached hydrogens (primary N) is 1. The van der Waals surface area contributed by atoms with Crippen molar-refractivity contribution in [2.75, 3.05) is 23.8 Å². The minimum atomic E-state index is -5.13. The van der Waals surface area contributed by atoms with E-state index in [0.29, 0.717) is 0 Å². The van der Waals surface area contributed by atoms with Gasteiger partial charge in [-0.05, 0) is 12.1 Å². The molecule has 0 spiro atoms. The molecule has 1 aromatic carbocycles. The Labute approximate surface area is 187 Å². The molecule has 0 atom stereocenters. The molecule has 34 heavy (non-hydrogen) atoms. The number of nitrogens with zero attached hydrogens (tertiary/aromatic N) is 5. The number of hydrogen-bond donors (Lipinski definition) is 2. The van der Waals surface area contributed by atoms with Gasteiger partial charge in [0.2, 0.25) is 5.88 Å². The van der Waals surface area contributed by atoms with E-state index in [1.165, 1.54) is 6.07 Å². The van der Waals surface area contributed by atoms with Crippen LogP contribution >= 0.6 is 0 Å². The lowest BCUT2D eigenvalue weighted by Crippen LogP contribution is -2.33. The van der Waals surface area contributed by atoms with Crippen molar-refractivity contribution in [2.24, 2.45) is 0 Å². The summed E-state index contributed by atoms with van der Waals surface area (Å²) in [5.74, 6) is -3.05. The minimum Gasteiger partial charge on any atom is -0.480 e. The van der Waals surface area contributed by atoms with E-state index < -0.39 is 36.2 Å². The van der Waals surface area contributed by atoms with Crippen LogP contribution in [-0.2, 0) is 11.3 Å². The molecule has 3 aromatic rings. The molecule has 0 unspecified atom stereocenters. The maximum atomic E-state index is 13.2. The summed E-state index contributed by atoms with van der Waals surface area (Å²) in [6.45, 7) is -0.789. The average Bonchev–Trinajstić information content (AvgIpc) is 2.99. The number of aliphatic carboxylic acids is 1. The molecule has 0 saturated heterocycles. The van der Waals surface area contributed by atoms with Gasteiger partial charge in [0.1, 0.15) is 30.9 Å². The van der Waals surface area contributed by atoms with Gasteiger partial charge in [-0.15, -0.1) is 13.2 Å². The van der Waals surface area contributed by atoms with Crippen LogP contribution < -0.4 is 25.8 Å². The summed E-state index contributed by atoms with van der Waals surface area (Å²) in [6, 6.07) is 3.35. The third kappa shape index (κ3) is 4.35.